The van der Waals surface area contributed by atoms with Crippen molar-refractivity contribution in [2.24, 2.45) is 0 Å². The second-order valence-corrected chi connectivity index (χ2v) is 9.62. The number of thioether (sulfide) groups is 1. The number of benzene rings is 1. The molecule has 0 unspecified atom stereocenters. The van der Waals surface area contributed by atoms with Crippen molar-refractivity contribution >= 4 is 29.3 Å². The van der Waals surface area contributed by atoms with E-state index in [0.717, 1.165) is 46.3 Å². The Labute approximate surface area is 196 Å². The SMILES string of the molecule is Cc1noc(C)c1Cn1ccnc1C1CCN(C(=O)CN2C(=O)CSc3ccccc32)CC1. The summed E-state index contributed by atoms with van der Waals surface area (Å²) in [4.78, 5) is 34.8. The molecule has 1 fully saturated rings. The number of rotatable bonds is 5. The van der Waals surface area contributed by atoms with Crippen molar-refractivity contribution in [1.82, 2.24) is 19.6 Å². The molecular formula is C24H27N5O3S. The van der Waals surface area contributed by atoms with Crippen LogP contribution in [0.4, 0.5) is 5.69 Å². The van der Waals surface area contributed by atoms with Crippen LogP contribution in [-0.2, 0) is 16.1 Å². The van der Waals surface area contributed by atoms with Gasteiger partial charge in [0.1, 0.15) is 18.1 Å². The molecular weight excluding hydrogens is 438 g/mol. The molecule has 0 N–H and O–H groups in total. The van der Waals surface area contributed by atoms with Crippen LogP contribution in [0, 0.1) is 13.8 Å². The third-order valence-electron chi connectivity index (χ3n) is 6.57. The Kier molecular flexibility index (Phi) is 5.97. The Bertz CT molecular complexity index is 1160. The molecule has 9 heteroatoms. The summed E-state index contributed by atoms with van der Waals surface area (Å²) < 4.78 is 7.47. The van der Waals surface area contributed by atoms with Crippen LogP contribution in [0.2, 0.25) is 0 Å². The highest BCUT2D eigenvalue weighted by atomic mass is 32.2. The van der Waals surface area contributed by atoms with Crippen LogP contribution in [0.1, 0.15) is 41.6 Å². The van der Waals surface area contributed by atoms with Gasteiger partial charge in [-0.25, -0.2) is 4.98 Å². The van der Waals surface area contributed by atoms with Crippen LogP contribution in [0.15, 0.2) is 46.1 Å². The van der Waals surface area contributed by atoms with E-state index < -0.39 is 0 Å². The van der Waals surface area contributed by atoms with Gasteiger partial charge in [-0.1, -0.05) is 17.3 Å². The Balaban J connectivity index is 1.22. The topological polar surface area (TPSA) is 84.5 Å². The number of imidazole rings is 1. The van der Waals surface area contributed by atoms with Crippen LogP contribution in [-0.4, -0.2) is 56.8 Å². The molecule has 2 aromatic heterocycles. The number of hydrogen-bond donors (Lipinski definition) is 0. The Morgan fingerprint density at radius 3 is 2.76 bits per heavy atom. The van der Waals surface area contributed by atoms with E-state index >= 15 is 0 Å². The van der Waals surface area contributed by atoms with E-state index in [0.29, 0.717) is 31.3 Å². The van der Waals surface area contributed by atoms with Gasteiger partial charge in [0.2, 0.25) is 11.8 Å². The summed E-state index contributed by atoms with van der Waals surface area (Å²) in [6.07, 6.45) is 5.54. The van der Waals surface area contributed by atoms with E-state index in [1.54, 1.807) is 4.90 Å². The maximum Gasteiger partial charge on any atom is 0.242 e. The number of anilines is 1. The molecule has 4 heterocycles. The molecule has 2 amide bonds. The van der Waals surface area contributed by atoms with E-state index in [9.17, 15) is 9.59 Å². The highest BCUT2D eigenvalue weighted by molar-refractivity contribution is 8.00. The number of amides is 2. The van der Waals surface area contributed by atoms with Gasteiger partial charge < -0.3 is 18.9 Å². The molecule has 2 aliphatic heterocycles. The van der Waals surface area contributed by atoms with Gasteiger partial charge in [-0.2, -0.15) is 0 Å². The lowest BCUT2D eigenvalue weighted by molar-refractivity contribution is -0.132. The molecule has 0 saturated carbocycles. The van der Waals surface area contributed by atoms with Gasteiger partial charge in [-0.05, 0) is 38.8 Å². The maximum absolute atomic E-state index is 13.1. The van der Waals surface area contributed by atoms with Gasteiger partial charge in [-0.3, -0.25) is 9.59 Å². The summed E-state index contributed by atoms with van der Waals surface area (Å²) in [5.41, 5.74) is 2.83. The fraction of sp³-hybridized carbons (Fsp3) is 0.417. The van der Waals surface area contributed by atoms with E-state index in [4.69, 9.17) is 4.52 Å². The van der Waals surface area contributed by atoms with Crippen LogP contribution in [0.5, 0.6) is 0 Å². The fourth-order valence-electron chi connectivity index (χ4n) is 4.66. The van der Waals surface area contributed by atoms with Crippen molar-refractivity contribution in [3.8, 4) is 0 Å². The van der Waals surface area contributed by atoms with Crippen molar-refractivity contribution in [1.29, 1.82) is 0 Å². The normalized spacial score (nSPS) is 16.8. The first kappa shape index (κ1) is 21.8. The highest BCUT2D eigenvalue weighted by Crippen LogP contribution is 2.35. The van der Waals surface area contributed by atoms with Gasteiger partial charge in [0, 0.05) is 41.9 Å². The lowest BCUT2D eigenvalue weighted by Gasteiger charge is -2.34. The van der Waals surface area contributed by atoms with E-state index in [-0.39, 0.29) is 18.4 Å². The Hall–Kier alpha value is -3.07. The van der Waals surface area contributed by atoms with Crippen molar-refractivity contribution in [3.05, 3.63) is 59.5 Å². The molecule has 172 valence electrons. The molecule has 5 rings (SSSR count). The number of para-hydroxylation sites is 1. The molecule has 2 aliphatic rings. The van der Waals surface area contributed by atoms with Gasteiger partial charge in [0.05, 0.1) is 23.7 Å². The number of aromatic nitrogens is 3. The molecule has 1 aromatic carbocycles. The van der Waals surface area contributed by atoms with Gasteiger partial charge >= 0.3 is 0 Å². The largest absolute Gasteiger partial charge is 0.361 e. The molecule has 0 atom stereocenters. The number of nitrogens with zero attached hydrogens (tertiary/aromatic N) is 5. The summed E-state index contributed by atoms with van der Waals surface area (Å²) in [6.45, 7) is 6.00. The average molecular weight is 466 g/mol. The second kappa shape index (κ2) is 9.05. The lowest BCUT2D eigenvalue weighted by Crippen LogP contribution is -2.47. The first-order chi connectivity index (χ1) is 16.0. The number of carbonyl (C=O) groups excluding carboxylic acids is 2. The molecule has 3 aromatic rings. The molecule has 0 radical (unpaired) electrons. The van der Waals surface area contributed by atoms with Gasteiger partial charge in [0.15, 0.2) is 0 Å². The summed E-state index contributed by atoms with van der Waals surface area (Å²) in [5.74, 6) is 2.53. The smallest absolute Gasteiger partial charge is 0.242 e. The highest BCUT2D eigenvalue weighted by Gasteiger charge is 2.31. The number of carbonyl (C=O) groups is 2. The van der Waals surface area contributed by atoms with Crippen LogP contribution in [0.3, 0.4) is 0 Å². The average Bonchev–Trinajstić information content (AvgIpc) is 3.43. The molecule has 0 spiro atoms. The Morgan fingerprint density at radius 2 is 2.00 bits per heavy atom. The van der Waals surface area contributed by atoms with Crippen molar-refractivity contribution < 1.29 is 14.1 Å². The van der Waals surface area contributed by atoms with Crippen LogP contribution >= 0.6 is 11.8 Å². The zero-order valence-electron chi connectivity index (χ0n) is 18.9. The fourth-order valence-corrected chi connectivity index (χ4v) is 5.60. The summed E-state index contributed by atoms with van der Waals surface area (Å²) in [5, 5.41) is 4.05. The minimum absolute atomic E-state index is 0.00238. The second-order valence-electron chi connectivity index (χ2n) is 8.61. The number of fused-ring (bicyclic) bond motifs is 1. The first-order valence-corrected chi connectivity index (χ1v) is 12.2. The number of hydrogen-bond acceptors (Lipinski definition) is 6. The molecule has 33 heavy (non-hydrogen) atoms. The number of likely N-dealkylation sites (tertiary alicyclic amines) is 1. The number of aryl methyl sites for hydroxylation is 2. The zero-order chi connectivity index (χ0) is 22.9. The summed E-state index contributed by atoms with van der Waals surface area (Å²) in [6, 6.07) is 7.78. The minimum Gasteiger partial charge on any atom is -0.361 e. The predicted octanol–water partition coefficient (Wildman–Crippen LogP) is 3.38. The van der Waals surface area contributed by atoms with E-state index in [2.05, 4.69) is 14.7 Å². The first-order valence-electron chi connectivity index (χ1n) is 11.2. The molecule has 0 bridgehead atoms. The molecule has 1 saturated heterocycles. The molecule has 0 aliphatic carbocycles. The third kappa shape index (κ3) is 4.29. The minimum atomic E-state index is -0.0108. The quantitative estimate of drug-likeness (QED) is 0.574. The van der Waals surface area contributed by atoms with Gasteiger partial charge in [0.25, 0.3) is 0 Å². The number of piperidine rings is 1. The van der Waals surface area contributed by atoms with E-state index in [1.807, 2.05) is 55.4 Å². The van der Waals surface area contributed by atoms with Crippen molar-refractivity contribution in [2.45, 2.75) is 44.0 Å². The van der Waals surface area contributed by atoms with E-state index in [1.165, 1.54) is 11.8 Å². The zero-order valence-corrected chi connectivity index (χ0v) is 19.7. The van der Waals surface area contributed by atoms with Crippen LogP contribution < -0.4 is 4.90 Å². The monoisotopic (exact) mass is 465 g/mol. The Morgan fingerprint density at radius 1 is 1.21 bits per heavy atom. The third-order valence-corrected chi connectivity index (χ3v) is 7.62. The maximum atomic E-state index is 13.1. The summed E-state index contributed by atoms with van der Waals surface area (Å²) >= 11 is 1.53. The van der Waals surface area contributed by atoms with Crippen LogP contribution in [0.25, 0.3) is 0 Å². The standard InChI is InChI=1S/C24H27N5O3S/c1-16-19(17(2)32-26-16)13-28-12-9-25-24(28)18-7-10-27(11-8-18)22(30)14-29-20-5-3-4-6-21(20)33-15-23(29)31/h3-6,9,12,18H,7-8,10-11,13-15H2,1-2H3. The van der Waals surface area contributed by atoms with Crippen molar-refractivity contribution in [2.75, 3.05) is 30.3 Å². The van der Waals surface area contributed by atoms with Gasteiger partial charge in [-0.15, -0.1) is 11.8 Å². The summed E-state index contributed by atoms with van der Waals surface area (Å²) in [7, 11) is 0. The molecule has 8 nitrogen and oxygen atoms in total. The lowest BCUT2D eigenvalue weighted by atomic mass is 9.95. The van der Waals surface area contributed by atoms with Crippen molar-refractivity contribution in [3.63, 3.8) is 0 Å². The predicted molar refractivity (Wildman–Crippen MR) is 125 cm³/mol.